The molecule has 2 heterocycles. The molecule has 3 rings (SSSR count). The first-order chi connectivity index (χ1) is 12.5. The minimum absolute atomic E-state index is 0. The topological polar surface area (TPSA) is 78.0 Å². The average Bonchev–Trinajstić information content (AvgIpc) is 2.66. The highest BCUT2D eigenvalue weighted by atomic mass is 127. The molecule has 0 aromatic carbocycles. The normalized spacial score (nSPS) is 31.1. The number of nitrogens with zero attached hydrogens (tertiary/aromatic N) is 2. The number of hydrogen-bond acceptors (Lipinski definition) is 4. The molecule has 3 N–H and O–H groups in total. The van der Waals surface area contributed by atoms with E-state index < -0.39 is 0 Å². The maximum atomic E-state index is 11.5. The summed E-state index contributed by atoms with van der Waals surface area (Å²) < 4.78 is 6.00. The van der Waals surface area contributed by atoms with Crippen molar-refractivity contribution in [1.82, 2.24) is 20.9 Å². The van der Waals surface area contributed by atoms with E-state index in [0.717, 1.165) is 44.9 Å². The Bertz CT molecular complexity index is 534. The molecule has 3 unspecified atom stereocenters. The van der Waals surface area contributed by atoms with Crippen molar-refractivity contribution in [2.75, 3.05) is 40.3 Å². The summed E-state index contributed by atoms with van der Waals surface area (Å²) in [5, 5.41) is 9.96. The van der Waals surface area contributed by atoms with E-state index in [-0.39, 0.29) is 35.3 Å². The van der Waals surface area contributed by atoms with Crippen LogP contribution in [0.3, 0.4) is 0 Å². The Morgan fingerprint density at radius 3 is 2.56 bits per heavy atom. The Labute approximate surface area is 180 Å². The van der Waals surface area contributed by atoms with Gasteiger partial charge in [-0.25, -0.2) is 0 Å². The van der Waals surface area contributed by atoms with E-state index in [9.17, 15) is 4.79 Å². The maximum absolute atomic E-state index is 11.5. The molecular weight excluding hydrogens is 457 g/mol. The fourth-order valence-electron chi connectivity index (χ4n) is 4.84. The number of amides is 1. The number of nitrogens with one attached hydrogen (secondary N) is 3. The van der Waals surface area contributed by atoms with Gasteiger partial charge >= 0.3 is 0 Å². The molecule has 2 aliphatic heterocycles. The van der Waals surface area contributed by atoms with Crippen molar-refractivity contribution in [3.05, 3.63) is 0 Å². The van der Waals surface area contributed by atoms with Crippen LogP contribution in [0.2, 0.25) is 0 Å². The number of aliphatic imine (C=N–C) groups is 1. The minimum atomic E-state index is 0. The van der Waals surface area contributed by atoms with E-state index in [0.29, 0.717) is 30.7 Å². The van der Waals surface area contributed by atoms with E-state index >= 15 is 0 Å². The molecule has 0 aromatic rings. The first-order valence-corrected chi connectivity index (χ1v) is 10.00. The molecule has 0 bridgehead atoms. The van der Waals surface area contributed by atoms with Crippen LogP contribution in [0.1, 0.15) is 39.5 Å². The SMILES string of the molecule is CN=C(NC1CCN(CC(=O)NC)CC1)NC1C2CCCOC2C1(C)C.I. The second kappa shape index (κ2) is 9.73. The number of halogens is 1. The highest BCUT2D eigenvalue weighted by Gasteiger charge is 2.58. The number of likely N-dealkylation sites (tertiary alicyclic amines) is 1. The van der Waals surface area contributed by atoms with Crippen LogP contribution in [0, 0.1) is 11.3 Å². The van der Waals surface area contributed by atoms with Gasteiger partial charge in [-0.15, -0.1) is 24.0 Å². The van der Waals surface area contributed by atoms with Crippen LogP contribution in [0.4, 0.5) is 0 Å². The number of guanidine groups is 1. The van der Waals surface area contributed by atoms with E-state index in [1.165, 1.54) is 6.42 Å². The van der Waals surface area contributed by atoms with E-state index in [2.05, 4.69) is 39.7 Å². The fraction of sp³-hybridized carbons (Fsp3) is 0.895. The van der Waals surface area contributed by atoms with Gasteiger partial charge in [-0.05, 0) is 25.7 Å². The average molecular weight is 493 g/mol. The number of fused-ring (bicyclic) bond motifs is 1. The summed E-state index contributed by atoms with van der Waals surface area (Å²) >= 11 is 0. The summed E-state index contributed by atoms with van der Waals surface area (Å²) in [6, 6.07) is 0.816. The van der Waals surface area contributed by atoms with Gasteiger partial charge in [0.05, 0.1) is 12.6 Å². The summed E-state index contributed by atoms with van der Waals surface area (Å²) in [4.78, 5) is 18.2. The van der Waals surface area contributed by atoms with Crippen molar-refractivity contribution in [2.45, 2.75) is 57.7 Å². The summed E-state index contributed by atoms with van der Waals surface area (Å²) in [5.74, 6) is 1.58. The van der Waals surface area contributed by atoms with Crippen LogP contribution < -0.4 is 16.0 Å². The number of likely N-dealkylation sites (N-methyl/N-ethyl adjacent to an activating group) is 1. The first-order valence-electron chi connectivity index (χ1n) is 10.00. The molecule has 1 aliphatic carbocycles. The predicted molar refractivity (Wildman–Crippen MR) is 119 cm³/mol. The predicted octanol–water partition coefficient (Wildman–Crippen LogP) is 1.18. The molecule has 3 fully saturated rings. The molecule has 1 amide bonds. The number of ether oxygens (including phenoxy) is 1. The second-order valence-electron chi connectivity index (χ2n) is 8.48. The number of rotatable bonds is 4. The molecule has 1 saturated carbocycles. The lowest BCUT2D eigenvalue weighted by atomic mass is 9.55. The monoisotopic (exact) mass is 493 g/mol. The zero-order valence-electron chi connectivity index (χ0n) is 17.1. The zero-order valence-corrected chi connectivity index (χ0v) is 19.4. The molecule has 3 atom stereocenters. The van der Waals surface area contributed by atoms with Gasteiger partial charge in [0, 0.05) is 57.2 Å². The lowest BCUT2D eigenvalue weighted by Gasteiger charge is -2.60. The van der Waals surface area contributed by atoms with Crippen LogP contribution in [0.25, 0.3) is 0 Å². The fourth-order valence-corrected chi connectivity index (χ4v) is 4.84. The standard InChI is InChI=1S/C19H35N5O2.HI/c1-19(2)16(14-6-5-11-26-17(14)19)23-18(21-4)22-13-7-9-24(10-8-13)12-15(25)20-3;/h13-14,16-17H,5-12H2,1-4H3,(H,20,25)(H2,21,22,23);1H. The molecule has 3 aliphatic rings. The largest absolute Gasteiger partial charge is 0.377 e. The highest BCUT2D eigenvalue weighted by molar-refractivity contribution is 14.0. The molecule has 2 saturated heterocycles. The third-order valence-corrected chi connectivity index (χ3v) is 6.42. The van der Waals surface area contributed by atoms with Gasteiger partial charge in [-0.3, -0.25) is 14.7 Å². The molecule has 8 heteroatoms. The molecule has 0 aromatic heterocycles. The Kier molecular flexibility index (Phi) is 8.18. The number of piperidine rings is 1. The summed E-state index contributed by atoms with van der Waals surface area (Å²) in [6.07, 6.45) is 4.83. The van der Waals surface area contributed by atoms with Crippen LogP contribution in [-0.2, 0) is 9.53 Å². The van der Waals surface area contributed by atoms with Crippen molar-refractivity contribution in [3.63, 3.8) is 0 Å². The van der Waals surface area contributed by atoms with E-state index in [4.69, 9.17) is 4.74 Å². The Morgan fingerprint density at radius 2 is 1.93 bits per heavy atom. The molecule has 7 nitrogen and oxygen atoms in total. The van der Waals surface area contributed by atoms with Gasteiger partial charge in [0.25, 0.3) is 0 Å². The third-order valence-electron chi connectivity index (χ3n) is 6.42. The molecule has 156 valence electrons. The zero-order chi connectivity index (χ0) is 18.7. The second-order valence-corrected chi connectivity index (χ2v) is 8.48. The van der Waals surface area contributed by atoms with Crippen LogP contribution in [-0.4, -0.2) is 75.3 Å². The number of carbonyl (C=O) groups is 1. The van der Waals surface area contributed by atoms with Gasteiger partial charge in [-0.1, -0.05) is 13.8 Å². The van der Waals surface area contributed by atoms with Gasteiger partial charge in [-0.2, -0.15) is 0 Å². The van der Waals surface area contributed by atoms with Crippen LogP contribution in [0.15, 0.2) is 4.99 Å². The van der Waals surface area contributed by atoms with E-state index in [1.54, 1.807) is 7.05 Å². The van der Waals surface area contributed by atoms with Crippen molar-refractivity contribution >= 4 is 35.8 Å². The minimum Gasteiger partial charge on any atom is -0.377 e. The molecule has 0 spiro atoms. The van der Waals surface area contributed by atoms with Gasteiger partial charge in [0.1, 0.15) is 0 Å². The maximum Gasteiger partial charge on any atom is 0.233 e. The van der Waals surface area contributed by atoms with Gasteiger partial charge in [0.2, 0.25) is 5.91 Å². The van der Waals surface area contributed by atoms with Crippen molar-refractivity contribution in [1.29, 1.82) is 0 Å². The Morgan fingerprint density at radius 1 is 1.22 bits per heavy atom. The Hall–Kier alpha value is -0.610. The lowest BCUT2D eigenvalue weighted by Crippen LogP contribution is -2.71. The van der Waals surface area contributed by atoms with Gasteiger partial charge in [0.15, 0.2) is 5.96 Å². The van der Waals surface area contributed by atoms with E-state index in [1.807, 2.05) is 7.05 Å². The quantitative estimate of drug-likeness (QED) is 0.312. The molecule has 27 heavy (non-hydrogen) atoms. The van der Waals surface area contributed by atoms with Crippen molar-refractivity contribution in [3.8, 4) is 0 Å². The molecule has 0 radical (unpaired) electrons. The highest BCUT2D eigenvalue weighted by Crippen LogP contribution is 2.51. The number of carbonyl (C=O) groups excluding carboxylic acids is 1. The smallest absolute Gasteiger partial charge is 0.233 e. The summed E-state index contributed by atoms with van der Waals surface area (Å²) in [6.45, 7) is 7.86. The third kappa shape index (κ3) is 5.06. The first kappa shape index (κ1) is 22.7. The van der Waals surface area contributed by atoms with Crippen molar-refractivity contribution < 1.29 is 9.53 Å². The Balaban J connectivity index is 0.00000261. The molecular formula is C19H36IN5O2. The number of hydrogen-bond donors (Lipinski definition) is 3. The van der Waals surface area contributed by atoms with Gasteiger partial charge < -0.3 is 20.7 Å². The van der Waals surface area contributed by atoms with Crippen LogP contribution >= 0.6 is 24.0 Å². The summed E-state index contributed by atoms with van der Waals surface area (Å²) in [7, 11) is 3.53. The van der Waals surface area contributed by atoms with Crippen LogP contribution in [0.5, 0.6) is 0 Å². The van der Waals surface area contributed by atoms with Crippen molar-refractivity contribution in [2.24, 2.45) is 16.3 Å². The lowest BCUT2D eigenvalue weighted by molar-refractivity contribution is -0.188. The summed E-state index contributed by atoms with van der Waals surface area (Å²) in [5.41, 5.74) is 0.138.